The molecule has 2 aliphatic rings. The summed E-state index contributed by atoms with van der Waals surface area (Å²) in [5.41, 5.74) is 0.0256. The molecule has 2 aromatic rings. The molecular weight excluding hydrogens is 328 g/mol. The SMILES string of the molecule is O=C(NCC1CCN(C2CCCC2)CC1)c1cc2ccccc2oc1=O. The maximum atomic E-state index is 12.4. The molecule has 1 saturated heterocycles. The number of para-hydroxylation sites is 1. The van der Waals surface area contributed by atoms with Gasteiger partial charge in [0.15, 0.2) is 0 Å². The lowest BCUT2D eigenvalue weighted by Crippen LogP contribution is -2.43. The Labute approximate surface area is 153 Å². The summed E-state index contributed by atoms with van der Waals surface area (Å²) in [7, 11) is 0. The molecule has 1 aromatic carbocycles. The molecule has 5 nitrogen and oxygen atoms in total. The van der Waals surface area contributed by atoms with Gasteiger partial charge in [-0.3, -0.25) is 4.79 Å². The van der Waals surface area contributed by atoms with Crippen molar-refractivity contribution in [2.75, 3.05) is 19.6 Å². The molecule has 1 aliphatic carbocycles. The van der Waals surface area contributed by atoms with Crippen molar-refractivity contribution >= 4 is 16.9 Å². The molecule has 0 spiro atoms. The van der Waals surface area contributed by atoms with Gasteiger partial charge in [-0.05, 0) is 56.8 Å². The van der Waals surface area contributed by atoms with Gasteiger partial charge in [0, 0.05) is 18.0 Å². The fraction of sp³-hybridized carbons (Fsp3) is 0.524. The van der Waals surface area contributed by atoms with Gasteiger partial charge in [0.1, 0.15) is 11.1 Å². The number of nitrogens with zero attached hydrogens (tertiary/aromatic N) is 1. The molecule has 1 aromatic heterocycles. The minimum Gasteiger partial charge on any atom is -0.422 e. The van der Waals surface area contributed by atoms with E-state index in [1.165, 1.54) is 25.7 Å². The molecule has 1 amide bonds. The highest BCUT2D eigenvalue weighted by Crippen LogP contribution is 2.27. The smallest absolute Gasteiger partial charge is 0.349 e. The summed E-state index contributed by atoms with van der Waals surface area (Å²) in [6.45, 7) is 2.89. The first kappa shape index (κ1) is 17.3. The van der Waals surface area contributed by atoms with E-state index in [4.69, 9.17) is 4.42 Å². The Bertz CT molecular complexity index is 831. The molecular formula is C21H26N2O3. The van der Waals surface area contributed by atoms with Gasteiger partial charge < -0.3 is 14.6 Å². The van der Waals surface area contributed by atoms with Crippen LogP contribution < -0.4 is 10.9 Å². The average molecular weight is 354 g/mol. The van der Waals surface area contributed by atoms with Gasteiger partial charge in [0.05, 0.1) is 0 Å². The molecule has 2 fully saturated rings. The molecule has 5 heteroatoms. The monoisotopic (exact) mass is 354 g/mol. The van der Waals surface area contributed by atoms with E-state index in [-0.39, 0.29) is 11.5 Å². The maximum absolute atomic E-state index is 12.4. The predicted molar refractivity (Wildman–Crippen MR) is 101 cm³/mol. The number of likely N-dealkylation sites (tertiary alicyclic amines) is 1. The zero-order valence-electron chi connectivity index (χ0n) is 15.1. The van der Waals surface area contributed by atoms with E-state index in [1.807, 2.05) is 18.2 Å². The minimum absolute atomic E-state index is 0.0899. The summed E-state index contributed by atoms with van der Waals surface area (Å²) in [6, 6.07) is 9.65. The normalized spacial score (nSPS) is 19.8. The number of hydrogen-bond acceptors (Lipinski definition) is 4. The molecule has 0 radical (unpaired) electrons. The third kappa shape index (κ3) is 3.68. The molecule has 0 bridgehead atoms. The number of carbonyl (C=O) groups is 1. The van der Waals surface area contributed by atoms with Gasteiger partial charge in [-0.25, -0.2) is 4.79 Å². The Balaban J connectivity index is 1.33. The summed E-state index contributed by atoms with van der Waals surface area (Å²) in [5.74, 6) is 0.159. The zero-order chi connectivity index (χ0) is 17.9. The first-order chi connectivity index (χ1) is 12.7. The Hall–Kier alpha value is -2.14. The third-order valence-corrected chi connectivity index (χ3v) is 5.93. The Morgan fingerprint density at radius 3 is 2.62 bits per heavy atom. The van der Waals surface area contributed by atoms with Gasteiger partial charge in [-0.2, -0.15) is 0 Å². The van der Waals surface area contributed by atoms with Crippen LogP contribution in [-0.4, -0.2) is 36.5 Å². The summed E-state index contributed by atoms with van der Waals surface area (Å²) >= 11 is 0. The fourth-order valence-electron chi connectivity index (χ4n) is 4.34. The van der Waals surface area contributed by atoms with Crippen molar-refractivity contribution in [3.63, 3.8) is 0 Å². The van der Waals surface area contributed by atoms with Gasteiger partial charge in [-0.15, -0.1) is 0 Å². The molecule has 1 saturated carbocycles. The topological polar surface area (TPSA) is 62.6 Å². The molecule has 0 atom stereocenters. The summed E-state index contributed by atoms with van der Waals surface area (Å²) in [6.07, 6.45) is 7.66. The van der Waals surface area contributed by atoms with Crippen LogP contribution in [0.25, 0.3) is 11.0 Å². The third-order valence-electron chi connectivity index (χ3n) is 5.93. The minimum atomic E-state index is -0.572. The van der Waals surface area contributed by atoms with Crippen molar-refractivity contribution in [3.05, 3.63) is 46.3 Å². The molecule has 26 heavy (non-hydrogen) atoms. The van der Waals surface area contributed by atoms with E-state index in [0.29, 0.717) is 18.0 Å². The Morgan fingerprint density at radius 2 is 1.85 bits per heavy atom. The van der Waals surface area contributed by atoms with Crippen LogP contribution in [0.1, 0.15) is 48.9 Å². The predicted octanol–water partition coefficient (Wildman–Crippen LogP) is 3.18. The number of rotatable bonds is 4. The molecule has 0 unspecified atom stereocenters. The van der Waals surface area contributed by atoms with E-state index in [0.717, 1.165) is 37.4 Å². The van der Waals surface area contributed by atoms with Crippen LogP contribution in [0.4, 0.5) is 0 Å². The molecule has 4 rings (SSSR count). The summed E-state index contributed by atoms with van der Waals surface area (Å²) < 4.78 is 5.25. The lowest BCUT2D eigenvalue weighted by atomic mass is 9.95. The van der Waals surface area contributed by atoms with E-state index in [2.05, 4.69) is 10.2 Å². The molecule has 138 valence electrons. The fourth-order valence-corrected chi connectivity index (χ4v) is 4.34. The first-order valence-corrected chi connectivity index (χ1v) is 9.76. The first-order valence-electron chi connectivity index (χ1n) is 9.76. The second kappa shape index (κ2) is 7.62. The van der Waals surface area contributed by atoms with E-state index >= 15 is 0 Å². The maximum Gasteiger partial charge on any atom is 0.349 e. The van der Waals surface area contributed by atoms with E-state index < -0.39 is 5.63 Å². The molecule has 1 aliphatic heterocycles. The number of nitrogens with one attached hydrogen (secondary N) is 1. The highest BCUT2D eigenvalue weighted by atomic mass is 16.4. The molecule has 1 N–H and O–H groups in total. The van der Waals surface area contributed by atoms with Crippen LogP contribution in [-0.2, 0) is 0 Å². The highest BCUT2D eigenvalue weighted by Gasteiger charge is 2.27. The van der Waals surface area contributed by atoms with Crippen LogP contribution in [0.3, 0.4) is 0 Å². The number of benzene rings is 1. The van der Waals surface area contributed by atoms with Crippen LogP contribution in [0.5, 0.6) is 0 Å². The van der Waals surface area contributed by atoms with Crippen LogP contribution in [0, 0.1) is 5.92 Å². The van der Waals surface area contributed by atoms with Crippen molar-refractivity contribution < 1.29 is 9.21 Å². The van der Waals surface area contributed by atoms with Crippen LogP contribution >= 0.6 is 0 Å². The lowest BCUT2D eigenvalue weighted by Gasteiger charge is -2.36. The van der Waals surface area contributed by atoms with Crippen molar-refractivity contribution in [2.45, 2.75) is 44.6 Å². The van der Waals surface area contributed by atoms with Crippen molar-refractivity contribution in [1.82, 2.24) is 10.2 Å². The second-order valence-corrected chi connectivity index (χ2v) is 7.61. The molecule has 2 heterocycles. The average Bonchev–Trinajstić information content (AvgIpc) is 3.21. The summed E-state index contributed by atoms with van der Waals surface area (Å²) in [4.78, 5) is 27.2. The van der Waals surface area contributed by atoms with Crippen molar-refractivity contribution in [3.8, 4) is 0 Å². The zero-order valence-corrected chi connectivity index (χ0v) is 15.1. The number of carbonyl (C=O) groups excluding carboxylic acids is 1. The van der Waals surface area contributed by atoms with E-state index in [9.17, 15) is 9.59 Å². The second-order valence-electron chi connectivity index (χ2n) is 7.61. The number of hydrogen-bond donors (Lipinski definition) is 1. The van der Waals surface area contributed by atoms with Crippen LogP contribution in [0.2, 0.25) is 0 Å². The number of amides is 1. The van der Waals surface area contributed by atoms with Gasteiger partial charge in [0.2, 0.25) is 0 Å². The van der Waals surface area contributed by atoms with Crippen LogP contribution in [0.15, 0.2) is 39.5 Å². The number of piperidine rings is 1. The number of fused-ring (bicyclic) bond motifs is 1. The van der Waals surface area contributed by atoms with E-state index in [1.54, 1.807) is 12.1 Å². The Morgan fingerprint density at radius 1 is 1.12 bits per heavy atom. The van der Waals surface area contributed by atoms with Gasteiger partial charge in [-0.1, -0.05) is 31.0 Å². The lowest BCUT2D eigenvalue weighted by molar-refractivity contribution is 0.0921. The van der Waals surface area contributed by atoms with Gasteiger partial charge >= 0.3 is 5.63 Å². The highest BCUT2D eigenvalue weighted by molar-refractivity contribution is 5.96. The largest absolute Gasteiger partial charge is 0.422 e. The summed E-state index contributed by atoms with van der Waals surface area (Å²) in [5, 5.41) is 3.71. The van der Waals surface area contributed by atoms with Gasteiger partial charge in [0.25, 0.3) is 5.91 Å². The van der Waals surface area contributed by atoms with Crippen molar-refractivity contribution in [1.29, 1.82) is 0 Å². The standard InChI is InChI=1S/C21H26N2O3/c24-20(18-13-16-5-1-4-8-19(16)26-21(18)25)22-14-15-9-11-23(12-10-15)17-6-2-3-7-17/h1,4-5,8,13,15,17H,2-3,6-7,9-12,14H2,(H,22,24). The van der Waals surface area contributed by atoms with Crippen molar-refractivity contribution in [2.24, 2.45) is 5.92 Å². The Kier molecular flexibility index (Phi) is 5.07. The quantitative estimate of drug-likeness (QED) is 0.857.